The van der Waals surface area contributed by atoms with E-state index < -0.39 is 17.6 Å². The summed E-state index contributed by atoms with van der Waals surface area (Å²) in [6, 6.07) is 10.5. The maximum Gasteiger partial charge on any atom is 0.419 e. The third-order valence-electron chi connectivity index (χ3n) is 8.71. The summed E-state index contributed by atoms with van der Waals surface area (Å²) in [7, 11) is 0. The second kappa shape index (κ2) is 12.0. The summed E-state index contributed by atoms with van der Waals surface area (Å²) in [5.41, 5.74) is 0.483. The fraction of sp³-hybridized carbons (Fsp3) is 0.562. The molecule has 2 aliphatic rings. The summed E-state index contributed by atoms with van der Waals surface area (Å²) in [6.45, 7) is 4.42. The standard InChI is InChI=1S/C32H40F4/c1-3-5-23-10-13-25(14-11-23)26-16-18-27(19-17-26)29-21-20-28(30(31(29)33)32(34,35)36)15-12-24-8-6-22(4-2)7-9-24/h12,15-25H,3-11,13-14H2,1-2H3. The van der Waals surface area contributed by atoms with Crippen LogP contribution < -0.4 is 0 Å². The molecule has 0 heterocycles. The fourth-order valence-electron chi connectivity index (χ4n) is 6.40. The van der Waals surface area contributed by atoms with Crippen molar-refractivity contribution in [3.63, 3.8) is 0 Å². The minimum absolute atomic E-state index is 0.0149. The average molecular weight is 501 g/mol. The van der Waals surface area contributed by atoms with E-state index in [-0.39, 0.29) is 17.0 Å². The van der Waals surface area contributed by atoms with Gasteiger partial charge in [0, 0.05) is 5.56 Å². The first-order valence-electron chi connectivity index (χ1n) is 14.0. The highest BCUT2D eigenvalue weighted by Gasteiger charge is 2.37. The van der Waals surface area contributed by atoms with Crippen molar-refractivity contribution in [2.75, 3.05) is 0 Å². The fourth-order valence-corrected chi connectivity index (χ4v) is 6.40. The molecular formula is C32H40F4. The molecule has 0 bridgehead atoms. The molecule has 196 valence electrons. The molecule has 2 aromatic carbocycles. The molecular weight excluding hydrogens is 460 g/mol. The smallest absolute Gasteiger partial charge is 0.206 e. The highest BCUT2D eigenvalue weighted by molar-refractivity contribution is 5.69. The SMILES string of the molecule is CCCC1CCC(c2ccc(-c3ccc(C=CC4CCC(CC)CC4)c(C(F)(F)F)c3F)cc2)CC1. The number of benzene rings is 2. The molecule has 0 aliphatic heterocycles. The van der Waals surface area contributed by atoms with Crippen LogP contribution in [0.1, 0.15) is 107 Å². The van der Waals surface area contributed by atoms with Gasteiger partial charge in [-0.3, -0.25) is 0 Å². The van der Waals surface area contributed by atoms with E-state index in [1.54, 1.807) is 12.1 Å². The second-order valence-corrected chi connectivity index (χ2v) is 11.1. The van der Waals surface area contributed by atoms with Crippen molar-refractivity contribution in [2.45, 2.75) is 96.6 Å². The van der Waals surface area contributed by atoms with Crippen LogP contribution in [0.4, 0.5) is 17.6 Å². The van der Waals surface area contributed by atoms with E-state index in [4.69, 9.17) is 0 Å². The molecule has 0 nitrogen and oxygen atoms in total. The van der Waals surface area contributed by atoms with Crippen LogP contribution >= 0.6 is 0 Å². The zero-order valence-electron chi connectivity index (χ0n) is 21.7. The summed E-state index contributed by atoms with van der Waals surface area (Å²) >= 11 is 0. The lowest BCUT2D eigenvalue weighted by Crippen LogP contribution is -2.13. The molecule has 36 heavy (non-hydrogen) atoms. The van der Waals surface area contributed by atoms with E-state index >= 15 is 4.39 Å². The Bertz CT molecular complexity index is 1000. The zero-order chi connectivity index (χ0) is 25.7. The number of hydrogen-bond donors (Lipinski definition) is 0. The quantitative estimate of drug-likeness (QED) is 0.332. The molecule has 2 fully saturated rings. The van der Waals surface area contributed by atoms with Crippen molar-refractivity contribution in [2.24, 2.45) is 17.8 Å². The highest BCUT2D eigenvalue weighted by atomic mass is 19.4. The molecule has 4 rings (SSSR count). The molecule has 0 saturated heterocycles. The predicted molar refractivity (Wildman–Crippen MR) is 141 cm³/mol. The molecule has 0 atom stereocenters. The topological polar surface area (TPSA) is 0 Å². The maximum atomic E-state index is 15.4. The Hall–Kier alpha value is -2.10. The summed E-state index contributed by atoms with van der Waals surface area (Å²) in [4.78, 5) is 0. The molecule has 0 amide bonds. The van der Waals surface area contributed by atoms with Gasteiger partial charge in [0.1, 0.15) is 5.82 Å². The summed E-state index contributed by atoms with van der Waals surface area (Å²) in [6.07, 6.45) is 11.2. The Kier molecular flexibility index (Phi) is 8.96. The molecule has 0 radical (unpaired) electrons. The first-order chi connectivity index (χ1) is 17.3. The van der Waals surface area contributed by atoms with E-state index in [2.05, 4.69) is 13.8 Å². The van der Waals surface area contributed by atoms with Gasteiger partial charge < -0.3 is 0 Å². The van der Waals surface area contributed by atoms with Crippen molar-refractivity contribution in [3.8, 4) is 11.1 Å². The lowest BCUT2D eigenvalue weighted by atomic mass is 9.77. The lowest BCUT2D eigenvalue weighted by molar-refractivity contribution is -0.140. The molecule has 0 N–H and O–H groups in total. The van der Waals surface area contributed by atoms with Gasteiger partial charge >= 0.3 is 6.18 Å². The van der Waals surface area contributed by atoms with E-state index in [1.807, 2.05) is 18.2 Å². The number of hydrogen-bond acceptors (Lipinski definition) is 0. The van der Waals surface area contributed by atoms with Gasteiger partial charge in [-0.2, -0.15) is 13.2 Å². The zero-order valence-corrected chi connectivity index (χ0v) is 21.7. The van der Waals surface area contributed by atoms with Crippen molar-refractivity contribution < 1.29 is 17.6 Å². The minimum atomic E-state index is -4.75. The first-order valence-corrected chi connectivity index (χ1v) is 14.0. The van der Waals surface area contributed by atoms with Gasteiger partial charge in [-0.25, -0.2) is 4.39 Å². The van der Waals surface area contributed by atoms with Gasteiger partial charge in [0.2, 0.25) is 0 Å². The normalized spacial score (nSPS) is 25.4. The first kappa shape index (κ1) is 26.9. The van der Waals surface area contributed by atoms with Gasteiger partial charge in [0.05, 0.1) is 5.56 Å². The van der Waals surface area contributed by atoms with Gasteiger partial charge in [0.15, 0.2) is 0 Å². The largest absolute Gasteiger partial charge is 0.419 e. The minimum Gasteiger partial charge on any atom is -0.206 e. The second-order valence-electron chi connectivity index (χ2n) is 11.1. The monoisotopic (exact) mass is 500 g/mol. The number of halogens is 4. The molecule has 4 heteroatoms. The number of alkyl halides is 3. The Morgan fingerprint density at radius 2 is 1.44 bits per heavy atom. The van der Waals surface area contributed by atoms with Crippen LogP contribution in [0.2, 0.25) is 0 Å². The molecule has 0 aromatic heterocycles. The van der Waals surface area contributed by atoms with Crippen LogP contribution in [0.5, 0.6) is 0 Å². The van der Waals surface area contributed by atoms with Crippen LogP contribution in [0.15, 0.2) is 42.5 Å². The van der Waals surface area contributed by atoms with Crippen LogP contribution in [0.25, 0.3) is 17.2 Å². The Morgan fingerprint density at radius 1 is 0.806 bits per heavy atom. The van der Waals surface area contributed by atoms with Gasteiger partial charge in [-0.05, 0) is 91.7 Å². The molecule has 0 spiro atoms. The summed E-state index contributed by atoms with van der Waals surface area (Å²) in [5.74, 6) is 1.12. The van der Waals surface area contributed by atoms with Crippen molar-refractivity contribution in [1.29, 1.82) is 0 Å². The van der Waals surface area contributed by atoms with Gasteiger partial charge in [-0.15, -0.1) is 0 Å². The molecule has 0 unspecified atom stereocenters. The maximum absolute atomic E-state index is 15.4. The third kappa shape index (κ3) is 6.42. The van der Waals surface area contributed by atoms with Crippen LogP contribution in [0.3, 0.4) is 0 Å². The molecule has 2 aromatic rings. The summed E-state index contributed by atoms with van der Waals surface area (Å²) < 4.78 is 57.4. The van der Waals surface area contributed by atoms with Crippen LogP contribution in [0, 0.1) is 23.6 Å². The Morgan fingerprint density at radius 3 is 2.03 bits per heavy atom. The molecule has 2 aliphatic carbocycles. The van der Waals surface area contributed by atoms with E-state index in [1.165, 1.54) is 49.5 Å². The van der Waals surface area contributed by atoms with E-state index in [0.717, 1.165) is 56.8 Å². The van der Waals surface area contributed by atoms with E-state index in [9.17, 15) is 13.2 Å². The highest BCUT2D eigenvalue weighted by Crippen LogP contribution is 2.41. The number of allylic oxidation sites excluding steroid dienone is 1. The third-order valence-corrected chi connectivity index (χ3v) is 8.71. The predicted octanol–water partition coefficient (Wildman–Crippen LogP) is 10.8. The van der Waals surface area contributed by atoms with Gasteiger partial charge in [0.25, 0.3) is 0 Å². The Labute approximate surface area is 214 Å². The van der Waals surface area contributed by atoms with Crippen molar-refractivity contribution in [1.82, 2.24) is 0 Å². The lowest BCUT2D eigenvalue weighted by Gasteiger charge is -2.28. The van der Waals surface area contributed by atoms with Crippen molar-refractivity contribution in [3.05, 3.63) is 65.0 Å². The summed E-state index contributed by atoms with van der Waals surface area (Å²) in [5, 5.41) is 0. The van der Waals surface area contributed by atoms with E-state index in [0.29, 0.717) is 11.5 Å². The number of rotatable bonds is 7. The van der Waals surface area contributed by atoms with Crippen LogP contribution in [-0.2, 0) is 6.18 Å². The van der Waals surface area contributed by atoms with Crippen molar-refractivity contribution >= 4 is 6.08 Å². The van der Waals surface area contributed by atoms with Gasteiger partial charge in [-0.1, -0.05) is 81.7 Å². The Balaban J connectivity index is 1.52. The average Bonchev–Trinajstić information content (AvgIpc) is 2.88. The molecule has 2 saturated carbocycles. The van der Waals surface area contributed by atoms with Crippen LogP contribution in [-0.4, -0.2) is 0 Å².